The van der Waals surface area contributed by atoms with E-state index in [0.29, 0.717) is 19.5 Å². The summed E-state index contributed by atoms with van der Waals surface area (Å²) < 4.78 is 25.6. The molecule has 1 fully saturated rings. The van der Waals surface area contributed by atoms with Crippen LogP contribution in [0.1, 0.15) is 18.7 Å². The average molecular weight is 265 g/mol. The standard InChI is InChI=1S/C14H17F2N3/c1-19(7-6-10-8-14(10,15)16)9-13-17-11-4-2-3-5-12(11)18-13/h2-5,10H,6-9H2,1H3,(H,17,18). The number of hydrogen-bond acceptors (Lipinski definition) is 2. The number of aromatic amines is 1. The Morgan fingerprint density at radius 3 is 2.84 bits per heavy atom. The number of nitrogens with one attached hydrogen (secondary N) is 1. The number of para-hydroxylation sites is 2. The van der Waals surface area contributed by atoms with Gasteiger partial charge in [0.25, 0.3) is 5.92 Å². The highest BCUT2D eigenvalue weighted by Crippen LogP contribution is 2.50. The summed E-state index contributed by atoms with van der Waals surface area (Å²) in [6.45, 7) is 1.34. The van der Waals surface area contributed by atoms with Crippen LogP contribution in [0, 0.1) is 5.92 Å². The van der Waals surface area contributed by atoms with E-state index in [1.807, 2.05) is 36.2 Å². The minimum Gasteiger partial charge on any atom is -0.341 e. The van der Waals surface area contributed by atoms with Crippen molar-refractivity contribution in [2.24, 2.45) is 5.92 Å². The Bertz CT molecular complexity index is 546. The Kier molecular flexibility index (Phi) is 3.01. The maximum atomic E-state index is 12.8. The van der Waals surface area contributed by atoms with Crippen molar-refractivity contribution in [1.29, 1.82) is 0 Å². The second-order valence-electron chi connectivity index (χ2n) is 5.39. The van der Waals surface area contributed by atoms with Crippen molar-refractivity contribution in [3.05, 3.63) is 30.1 Å². The first-order valence-electron chi connectivity index (χ1n) is 6.54. The van der Waals surface area contributed by atoms with Gasteiger partial charge in [-0.3, -0.25) is 4.90 Å². The second kappa shape index (κ2) is 4.56. The molecular formula is C14H17F2N3. The Hall–Kier alpha value is -1.49. The summed E-state index contributed by atoms with van der Waals surface area (Å²) in [5, 5.41) is 0. The molecule has 0 saturated heterocycles. The van der Waals surface area contributed by atoms with E-state index in [4.69, 9.17) is 0 Å². The molecule has 0 spiro atoms. The van der Waals surface area contributed by atoms with E-state index >= 15 is 0 Å². The van der Waals surface area contributed by atoms with E-state index in [0.717, 1.165) is 16.9 Å². The van der Waals surface area contributed by atoms with Crippen LogP contribution < -0.4 is 0 Å². The summed E-state index contributed by atoms with van der Waals surface area (Å²) in [4.78, 5) is 9.76. The molecule has 3 nitrogen and oxygen atoms in total. The number of benzene rings is 1. The summed E-state index contributed by atoms with van der Waals surface area (Å²) >= 11 is 0. The van der Waals surface area contributed by atoms with Gasteiger partial charge in [0.05, 0.1) is 17.6 Å². The van der Waals surface area contributed by atoms with E-state index in [2.05, 4.69) is 9.97 Å². The van der Waals surface area contributed by atoms with Gasteiger partial charge in [0, 0.05) is 12.3 Å². The molecule has 1 N–H and O–H groups in total. The van der Waals surface area contributed by atoms with Gasteiger partial charge in [0.2, 0.25) is 0 Å². The van der Waals surface area contributed by atoms with Gasteiger partial charge in [-0.2, -0.15) is 0 Å². The first-order valence-corrected chi connectivity index (χ1v) is 6.54. The lowest BCUT2D eigenvalue weighted by Crippen LogP contribution is -2.20. The molecule has 1 aromatic heterocycles. The van der Waals surface area contributed by atoms with Gasteiger partial charge in [-0.15, -0.1) is 0 Å². The summed E-state index contributed by atoms with van der Waals surface area (Å²) in [5.74, 6) is -1.93. The number of H-pyrrole nitrogens is 1. The van der Waals surface area contributed by atoms with Gasteiger partial charge in [-0.1, -0.05) is 12.1 Å². The Labute approximate surface area is 110 Å². The quantitative estimate of drug-likeness (QED) is 0.901. The molecule has 0 amide bonds. The van der Waals surface area contributed by atoms with Crippen LogP contribution in [0.3, 0.4) is 0 Å². The number of rotatable bonds is 5. The third kappa shape index (κ3) is 2.76. The number of halogens is 2. The SMILES string of the molecule is CN(CCC1CC1(F)F)Cc1nc2ccccc2[nH]1. The molecule has 0 aliphatic heterocycles. The predicted octanol–water partition coefficient (Wildman–Crippen LogP) is 3.04. The van der Waals surface area contributed by atoms with Gasteiger partial charge >= 0.3 is 0 Å². The van der Waals surface area contributed by atoms with E-state index in [1.165, 1.54) is 0 Å². The molecular weight excluding hydrogens is 248 g/mol. The summed E-state index contributed by atoms with van der Waals surface area (Å²) in [7, 11) is 1.94. The number of fused-ring (bicyclic) bond motifs is 1. The summed E-state index contributed by atoms with van der Waals surface area (Å²) in [6.07, 6.45) is 0.620. The van der Waals surface area contributed by atoms with Crippen molar-refractivity contribution in [3.8, 4) is 0 Å². The van der Waals surface area contributed by atoms with Crippen LogP contribution in [-0.4, -0.2) is 34.4 Å². The summed E-state index contributed by atoms with van der Waals surface area (Å²) in [5.41, 5.74) is 1.96. The number of imidazole rings is 1. The zero-order valence-electron chi connectivity index (χ0n) is 10.9. The minimum absolute atomic E-state index is 0.0610. The molecule has 102 valence electrons. The van der Waals surface area contributed by atoms with Crippen LogP contribution in [0.4, 0.5) is 8.78 Å². The average Bonchev–Trinajstić information content (AvgIpc) is 2.80. The molecule has 1 unspecified atom stereocenters. The van der Waals surface area contributed by atoms with Crippen molar-refractivity contribution in [1.82, 2.24) is 14.9 Å². The van der Waals surface area contributed by atoms with Crippen LogP contribution in [-0.2, 0) is 6.54 Å². The van der Waals surface area contributed by atoms with Gasteiger partial charge in [0.1, 0.15) is 5.82 Å². The summed E-state index contributed by atoms with van der Waals surface area (Å²) in [6, 6.07) is 7.85. The van der Waals surface area contributed by atoms with E-state index in [-0.39, 0.29) is 6.42 Å². The number of aromatic nitrogens is 2. The third-order valence-corrected chi connectivity index (χ3v) is 3.67. The van der Waals surface area contributed by atoms with Crippen LogP contribution in [0.5, 0.6) is 0 Å². The molecule has 0 radical (unpaired) electrons. The second-order valence-corrected chi connectivity index (χ2v) is 5.39. The van der Waals surface area contributed by atoms with Crippen molar-refractivity contribution >= 4 is 11.0 Å². The smallest absolute Gasteiger partial charge is 0.251 e. The van der Waals surface area contributed by atoms with Crippen molar-refractivity contribution in [2.45, 2.75) is 25.3 Å². The lowest BCUT2D eigenvalue weighted by atomic mass is 10.3. The van der Waals surface area contributed by atoms with Crippen molar-refractivity contribution in [2.75, 3.05) is 13.6 Å². The maximum absolute atomic E-state index is 12.8. The molecule has 2 aromatic rings. The highest BCUT2D eigenvalue weighted by atomic mass is 19.3. The third-order valence-electron chi connectivity index (χ3n) is 3.67. The Balaban J connectivity index is 1.55. The molecule has 1 aliphatic rings. The fourth-order valence-corrected chi connectivity index (χ4v) is 2.37. The van der Waals surface area contributed by atoms with Crippen molar-refractivity contribution < 1.29 is 8.78 Å². The number of hydrogen-bond donors (Lipinski definition) is 1. The predicted molar refractivity (Wildman–Crippen MR) is 70.1 cm³/mol. The molecule has 0 bridgehead atoms. The number of alkyl halides is 2. The highest BCUT2D eigenvalue weighted by molar-refractivity contribution is 5.74. The largest absolute Gasteiger partial charge is 0.341 e. The van der Waals surface area contributed by atoms with Crippen LogP contribution >= 0.6 is 0 Å². The molecule has 1 heterocycles. The van der Waals surface area contributed by atoms with E-state index in [9.17, 15) is 8.78 Å². The lowest BCUT2D eigenvalue weighted by Gasteiger charge is -2.14. The topological polar surface area (TPSA) is 31.9 Å². The van der Waals surface area contributed by atoms with Gasteiger partial charge < -0.3 is 4.98 Å². The molecule has 1 aromatic carbocycles. The normalized spacial score (nSPS) is 21.2. The first-order chi connectivity index (χ1) is 9.04. The van der Waals surface area contributed by atoms with Gasteiger partial charge in [-0.05, 0) is 32.1 Å². The Morgan fingerprint density at radius 2 is 2.16 bits per heavy atom. The van der Waals surface area contributed by atoms with Crippen LogP contribution in [0.15, 0.2) is 24.3 Å². The highest BCUT2D eigenvalue weighted by Gasteiger charge is 2.55. The molecule has 1 aliphatic carbocycles. The molecule has 3 rings (SSSR count). The van der Waals surface area contributed by atoms with Gasteiger partial charge in [-0.25, -0.2) is 13.8 Å². The number of nitrogens with zero attached hydrogens (tertiary/aromatic N) is 2. The molecule has 5 heteroatoms. The van der Waals surface area contributed by atoms with Crippen LogP contribution in [0.25, 0.3) is 11.0 Å². The molecule has 1 saturated carbocycles. The first kappa shape index (κ1) is 12.5. The zero-order valence-corrected chi connectivity index (χ0v) is 10.9. The van der Waals surface area contributed by atoms with Gasteiger partial charge in [0.15, 0.2) is 0 Å². The lowest BCUT2D eigenvalue weighted by molar-refractivity contribution is 0.0943. The Morgan fingerprint density at radius 1 is 1.42 bits per heavy atom. The van der Waals surface area contributed by atoms with E-state index in [1.54, 1.807) is 0 Å². The zero-order chi connectivity index (χ0) is 13.5. The fraction of sp³-hybridized carbons (Fsp3) is 0.500. The van der Waals surface area contributed by atoms with Crippen LogP contribution in [0.2, 0.25) is 0 Å². The van der Waals surface area contributed by atoms with E-state index < -0.39 is 11.8 Å². The monoisotopic (exact) mass is 265 g/mol. The fourth-order valence-electron chi connectivity index (χ4n) is 2.37. The minimum atomic E-state index is -2.40. The molecule has 19 heavy (non-hydrogen) atoms. The van der Waals surface area contributed by atoms with Crippen molar-refractivity contribution in [3.63, 3.8) is 0 Å². The maximum Gasteiger partial charge on any atom is 0.251 e. The molecule has 1 atom stereocenters.